The van der Waals surface area contributed by atoms with E-state index in [-0.39, 0.29) is 5.96 Å². The van der Waals surface area contributed by atoms with Crippen LogP contribution in [0, 0.1) is 0 Å². The SMILES string of the molecule is CC.CSc1cccc(/C(C)=N/N=C(N)N)c1. The van der Waals surface area contributed by atoms with Crippen molar-refractivity contribution in [2.45, 2.75) is 25.7 Å². The van der Waals surface area contributed by atoms with Crippen molar-refractivity contribution in [1.29, 1.82) is 0 Å². The van der Waals surface area contributed by atoms with Crippen molar-refractivity contribution >= 4 is 23.4 Å². The summed E-state index contributed by atoms with van der Waals surface area (Å²) in [4.78, 5) is 1.19. The van der Waals surface area contributed by atoms with Gasteiger partial charge < -0.3 is 11.5 Å². The van der Waals surface area contributed by atoms with Gasteiger partial charge in [0.15, 0.2) is 0 Å². The van der Waals surface area contributed by atoms with E-state index in [4.69, 9.17) is 11.5 Å². The highest BCUT2D eigenvalue weighted by atomic mass is 32.2. The standard InChI is InChI=1S/C10H14N4S.C2H6/c1-7(13-14-10(11)12)8-4-3-5-9(6-8)15-2;1-2/h3-6H,1-2H3,(H4,11,12,14);1-2H3/b13-7+;. The van der Waals surface area contributed by atoms with Gasteiger partial charge in [0.1, 0.15) is 0 Å². The Balaban J connectivity index is 0.00000121. The van der Waals surface area contributed by atoms with Crippen LogP contribution in [0.5, 0.6) is 0 Å². The average molecular weight is 252 g/mol. The molecule has 4 N–H and O–H groups in total. The van der Waals surface area contributed by atoms with Crippen molar-refractivity contribution in [2.75, 3.05) is 6.26 Å². The van der Waals surface area contributed by atoms with Crippen LogP contribution in [0.25, 0.3) is 0 Å². The molecule has 0 heterocycles. The van der Waals surface area contributed by atoms with Crippen molar-refractivity contribution in [3.63, 3.8) is 0 Å². The Kier molecular flexibility index (Phi) is 7.88. The van der Waals surface area contributed by atoms with Gasteiger partial charge in [-0.3, -0.25) is 0 Å². The van der Waals surface area contributed by atoms with Crippen molar-refractivity contribution in [3.05, 3.63) is 29.8 Å². The van der Waals surface area contributed by atoms with Crippen molar-refractivity contribution in [1.82, 2.24) is 0 Å². The lowest BCUT2D eigenvalue weighted by molar-refractivity contribution is 1.19. The van der Waals surface area contributed by atoms with Crippen LogP contribution in [0.15, 0.2) is 39.4 Å². The molecule has 0 aliphatic heterocycles. The number of rotatable bonds is 3. The van der Waals surface area contributed by atoms with E-state index < -0.39 is 0 Å². The quantitative estimate of drug-likeness (QED) is 0.375. The Hall–Kier alpha value is -1.49. The van der Waals surface area contributed by atoms with Crippen molar-refractivity contribution in [2.24, 2.45) is 21.7 Å². The number of hydrogen-bond acceptors (Lipinski definition) is 3. The summed E-state index contributed by atoms with van der Waals surface area (Å²) in [6.45, 7) is 5.87. The van der Waals surface area contributed by atoms with Crippen molar-refractivity contribution < 1.29 is 0 Å². The maximum atomic E-state index is 5.19. The second-order valence-corrected chi connectivity index (χ2v) is 3.82. The first-order valence-corrected chi connectivity index (χ1v) is 6.63. The van der Waals surface area contributed by atoms with Crippen molar-refractivity contribution in [3.8, 4) is 0 Å². The molecule has 1 aromatic rings. The molecule has 0 amide bonds. The van der Waals surface area contributed by atoms with E-state index in [0.29, 0.717) is 0 Å². The number of hydrogen-bond donors (Lipinski definition) is 2. The molecule has 0 saturated heterocycles. The van der Waals surface area contributed by atoms with E-state index >= 15 is 0 Å². The molecule has 0 aliphatic carbocycles. The van der Waals surface area contributed by atoms with E-state index in [1.165, 1.54) is 4.90 Å². The molecule has 0 spiro atoms. The van der Waals surface area contributed by atoms with E-state index in [1.54, 1.807) is 11.8 Å². The van der Waals surface area contributed by atoms with Gasteiger partial charge in [-0.2, -0.15) is 5.10 Å². The van der Waals surface area contributed by atoms with E-state index in [1.807, 2.05) is 51.3 Å². The third-order valence-corrected chi connectivity index (χ3v) is 2.53. The van der Waals surface area contributed by atoms with Crippen LogP contribution < -0.4 is 11.5 Å². The lowest BCUT2D eigenvalue weighted by Gasteiger charge is -2.01. The van der Waals surface area contributed by atoms with Crippen LogP contribution in [0.3, 0.4) is 0 Å². The first-order valence-electron chi connectivity index (χ1n) is 5.41. The molecule has 0 bridgehead atoms. The van der Waals surface area contributed by atoms with Gasteiger partial charge in [-0.15, -0.1) is 16.9 Å². The highest BCUT2D eigenvalue weighted by molar-refractivity contribution is 7.98. The summed E-state index contributed by atoms with van der Waals surface area (Å²) < 4.78 is 0. The fraction of sp³-hybridized carbons (Fsp3) is 0.333. The van der Waals surface area contributed by atoms with E-state index in [0.717, 1.165) is 11.3 Å². The number of nitrogens with two attached hydrogens (primary N) is 2. The molecule has 0 aliphatic rings. The van der Waals surface area contributed by atoms with Gasteiger partial charge >= 0.3 is 0 Å². The first-order chi connectivity index (χ1) is 8.13. The van der Waals surface area contributed by atoms with Gasteiger partial charge in [0, 0.05) is 4.90 Å². The second kappa shape index (κ2) is 8.64. The largest absolute Gasteiger partial charge is 0.369 e. The lowest BCUT2D eigenvalue weighted by Crippen LogP contribution is -2.22. The molecule has 1 rings (SSSR count). The smallest absolute Gasteiger partial charge is 0.211 e. The second-order valence-electron chi connectivity index (χ2n) is 2.94. The molecule has 0 aromatic heterocycles. The van der Waals surface area contributed by atoms with Crippen LogP contribution in [-0.2, 0) is 0 Å². The molecule has 0 fully saturated rings. The third-order valence-electron chi connectivity index (χ3n) is 1.80. The maximum absolute atomic E-state index is 5.19. The molecular formula is C12H20N4S. The predicted molar refractivity (Wildman–Crippen MR) is 77.6 cm³/mol. The molecule has 5 heteroatoms. The van der Waals surface area contributed by atoms with Crippen LogP contribution in [0.4, 0.5) is 0 Å². The third kappa shape index (κ3) is 5.97. The highest BCUT2D eigenvalue weighted by Gasteiger charge is 1.98. The van der Waals surface area contributed by atoms with Gasteiger partial charge in [0.05, 0.1) is 5.71 Å². The Morgan fingerprint density at radius 3 is 2.35 bits per heavy atom. The Morgan fingerprint density at radius 1 is 1.18 bits per heavy atom. The summed E-state index contributed by atoms with van der Waals surface area (Å²) in [5.41, 5.74) is 12.2. The van der Waals surface area contributed by atoms with Gasteiger partial charge in [0.2, 0.25) is 5.96 Å². The topological polar surface area (TPSA) is 76.8 Å². The minimum absolute atomic E-state index is 0.0321. The number of nitrogens with zero attached hydrogens (tertiary/aromatic N) is 2. The molecule has 0 radical (unpaired) electrons. The Labute approximate surface area is 107 Å². The van der Waals surface area contributed by atoms with E-state index in [2.05, 4.69) is 10.2 Å². The monoisotopic (exact) mass is 252 g/mol. The zero-order chi connectivity index (χ0) is 13.3. The lowest BCUT2D eigenvalue weighted by atomic mass is 10.1. The van der Waals surface area contributed by atoms with Crippen LogP contribution in [0.1, 0.15) is 26.3 Å². The average Bonchev–Trinajstić information content (AvgIpc) is 2.38. The Morgan fingerprint density at radius 2 is 1.82 bits per heavy atom. The fourth-order valence-corrected chi connectivity index (χ4v) is 1.50. The molecule has 94 valence electrons. The minimum Gasteiger partial charge on any atom is -0.369 e. The van der Waals surface area contributed by atoms with Gasteiger partial charge in [-0.25, -0.2) is 0 Å². The minimum atomic E-state index is -0.0321. The number of benzene rings is 1. The van der Waals surface area contributed by atoms with E-state index in [9.17, 15) is 0 Å². The molecule has 0 saturated carbocycles. The zero-order valence-electron chi connectivity index (χ0n) is 10.8. The fourth-order valence-electron chi connectivity index (χ4n) is 1.04. The number of thioether (sulfide) groups is 1. The summed E-state index contributed by atoms with van der Waals surface area (Å²) in [7, 11) is 0. The predicted octanol–water partition coefficient (Wildman–Crippen LogP) is 2.43. The summed E-state index contributed by atoms with van der Waals surface area (Å²) >= 11 is 1.68. The molecule has 0 unspecified atom stereocenters. The summed E-state index contributed by atoms with van der Waals surface area (Å²) in [5.74, 6) is -0.0321. The maximum Gasteiger partial charge on any atom is 0.211 e. The van der Waals surface area contributed by atoms with Crippen LogP contribution in [-0.4, -0.2) is 17.9 Å². The first kappa shape index (κ1) is 15.5. The van der Waals surface area contributed by atoms with Crippen LogP contribution in [0.2, 0.25) is 0 Å². The van der Waals surface area contributed by atoms with Gasteiger partial charge in [-0.1, -0.05) is 26.0 Å². The summed E-state index contributed by atoms with van der Waals surface area (Å²) in [6.07, 6.45) is 2.03. The number of guanidine groups is 1. The molecular weight excluding hydrogens is 232 g/mol. The van der Waals surface area contributed by atoms with Crippen LogP contribution >= 0.6 is 11.8 Å². The highest BCUT2D eigenvalue weighted by Crippen LogP contribution is 2.16. The molecule has 17 heavy (non-hydrogen) atoms. The summed E-state index contributed by atoms with van der Waals surface area (Å²) in [5, 5.41) is 7.52. The van der Waals surface area contributed by atoms with Gasteiger partial charge in [-0.05, 0) is 30.9 Å². The summed E-state index contributed by atoms with van der Waals surface area (Å²) in [6, 6.07) is 8.05. The molecule has 0 atom stereocenters. The van der Waals surface area contributed by atoms with Gasteiger partial charge in [0.25, 0.3) is 0 Å². The molecule has 1 aromatic carbocycles. The normalized spacial score (nSPS) is 10.2. The Bertz CT molecular complexity index is 395. The zero-order valence-corrected chi connectivity index (χ0v) is 11.6. The molecule has 4 nitrogen and oxygen atoms in total.